The minimum Gasteiger partial charge on any atom is -0.458 e. The second-order valence-corrected chi connectivity index (χ2v) is 17.3. The number of carbonyl (C=O) groups excluding carboxylic acids is 3. The van der Waals surface area contributed by atoms with Crippen molar-refractivity contribution < 1.29 is 43.2 Å². The van der Waals surface area contributed by atoms with Gasteiger partial charge in [-0.25, -0.2) is 4.79 Å². The maximum atomic E-state index is 14.3. The van der Waals surface area contributed by atoms with Gasteiger partial charge in [0.15, 0.2) is 18.2 Å². The molecule has 0 saturated carbocycles. The van der Waals surface area contributed by atoms with Gasteiger partial charge in [-0.3, -0.25) is 24.1 Å². The number of carbonyl (C=O) groups is 3. The Morgan fingerprint density at radius 3 is 2.55 bits per heavy atom. The van der Waals surface area contributed by atoms with E-state index in [2.05, 4.69) is 28.6 Å². The number of likely N-dealkylation sites (N-methyl/N-ethyl adjacent to an activating group) is 1. The molecule has 2 aromatic rings. The summed E-state index contributed by atoms with van der Waals surface area (Å²) in [6, 6.07) is 8.40. The third-order valence-electron chi connectivity index (χ3n) is 12.5. The number of unbranched alkanes of at least 4 members (excludes halogenated alkanes) is 1. The Balaban J connectivity index is 1.35. The fraction of sp³-hybridized carbons (Fsp3) is 0.721. The molecular weight excluding hydrogens is 773 g/mol. The van der Waals surface area contributed by atoms with Gasteiger partial charge < -0.3 is 39.8 Å². The standard InChI is InChI=1S/C43H66N8O9/c1-10-34-38-35(51(42(55)59-38)18-12-11-17-50-24-32(47-48-50)30-14-13-15-31(45)21-30)29(6)46-23-25(2)22-43(7,56-9)39(27(4)36(52)28(5)40(54)58-34)60-41-37(53)33(20-26(3)57-41)49(8)19-16-44/h13-15,21,24-29,33-35,37-39,41,46,53H,10-12,17-20,22-23,45H2,1-9H3/t25-,26?,27+,28-,29-,33?,34-,35-,37?,38-,39-,41+,43-/m1/s1. The monoisotopic (exact) mass is 838 g/mol. The Kier molecular flexibility index (Phi) is 16.1. The summed E-state index contributed by atoms with van der Waals surface area (Å²) in [6.07, 6.45) is -1.15. The van der Waals surface area contributed by atoms with E-state index in [4.69, 9.17) is 29.4 Å². The number of fused-ring (bicyclic) bond motifs is 1. The van der Waals surface area contributed by atoms with Gasteiger partial charge in [-0.15, -0.1) is 5.10 Å². The highest BCUT2D eigenvalue weighted by molar-refractivity contribution is 6.00. The third-order valence-corrected chi connectivity index (χ3v) is 12.5. The van der Waals surface area contributed by atoms with Gasteiger partial charge in [0.1, 0.15) is 23.8 Å². The first kappa shape index (κ1) is 46.9. The number of ether oxygens (including phenoxy) is 5. The van der Waals surface area contributed by atoms with Crippen molar-refractivity contribution in [2.45, 2.75) is 148 Å². The van der Waals surface area contributed by atoms with Crippen LogP contribution in [-0.4, -0.2) is 142 Å². The number of nitrogens with one attached hydrogen (secondary N) is 1. The average molecular weight is 839 g/mol. The molecule has 3 fully saturated rings. The van der Waals surface area contributed by atoms with E-state index in [1.807, 2.05) is 58.2 Å². The minimum atomic E-state index is -1.20. The number of aromatic nitrogens is 3. The summed E-state index contributed by atoms with van der Waals surface area (Å²) < 4.78 is 32.9. The second-order valence-electron chi connectivity index (χ2n) is 17.3. The molecule has 60 heavy (non-hydrogen) atoms. The van der Waals surface area contributed by atoms with E-state index in [1.54, 1.807) is 35.6 Å². The Morgan fingerprint density at radius 2 is 1.87 bits per heavy atom. The molecule has 1 aromatic heterocycles. The van der Waals surface area contributed by atoms with Crippen molar-refractivity contribution in [1.29, 1.82) is 5.26 Å². The molecule has 4 N–H and O–H groups in total. The molecular formula is C43H66N8O9. The second kappa shape index (κ2) is 20.6. The number of benzene rings is 1. The normalized spacial score (nSPS) is 34.6. The van der Waals surface area contributed by atoms with Crippen LogP contribution in [0.15, 0.2) is 30.5 Å². The lowest BCUT2D eigenvalue weighted by molar-refractivity contribution is -0.295. The smallest absolute Gasteiger partial charge is 0.410 e. The number of methoxy groups -OCH3 is 1. The van der Waals surface area contributed by atoms with Gasteiger partial charge in [0.2, 0.25) is 0 Å². The summed E-state index contributed by atoms with van der Waals surface area (Å²) in [5.74, 6) is -3.31. The van der Waals surface area contributed by atoms with E-state index in [0.29, 0.717) is 57.4 Å². The zero-order valence-corrected chi connectivity index (χ0v) is 36.7. The Morgan fingerprint density at radius 1 is 1.13 bits per heavy atom. The van der Waals surface area contributed by atoms with E-state index in [-0.39, 0.29) is 24.6 Å². The minimum absolute atomic E-state index is 0.0383. The number of aryl methyl sites for hydroxylation is 1. The van der Waals surface area contributed by atoms with Crippen molar-refractivity contribution >= 4 is 23.5 Å². The van der Waals surface area contributed by atoms with Gasteiger partial charge in [-0.1, -0.05) is 38.1 Å². The molecule has 5 rings (SSSR count). The number of rotatable bonds is 12. The van der Waals surface area contributed by atoms with E-state index in [1.165, 1.54) is 6.92 Å². The van der Waals surface area contributed by atoms with Crippen molar-refractivity contribution in [3.8, 4) is 17.3 Å². The fourth-order valence-electron chi connectivity index (χ4n) is 9.06. The average Bonchev–Trinajstić information content (AvgIpc) is 3.83. The number of Topliss-reactive ketones (excluding diaryl/α,β-unsaturated/α-hetero) is 1. The largest absolute Gasteiger partial charge is 0.458 e. The zero-order valence-electron chi connectivity index (χ0n) is 36.7. The number of aliphatic hydroxyl groups is 1. The molecule has 0 radical (unpaired) electrons. The molecule has 332 valence electrons. The molecule has 17 nitrogen and oxygen atoms in total. The van der Waals surface area contributed by atoms with Gasteiger partial charge in [0.25, 0.3) is 0 Å². The van der Waals surface area contributed by atoms with Crippen LogP contribution in [0.25, 0.3) is 11.3 Å². The first-order valence-electron chi connectivity index (χ1n) is 21.3. The molecule has 0 spiro atoms. The van der Waals surface area contributed by atoms with Crippen LogP contribution < -0.4 is 11.1 Å². The van der Waals surface area contributed by atoms with Crippen molar-refractivity contribution in [3.05, 3.63) is 30.5 Å². The number of nitrogens with two attached hydrogens (primary N) is 1. The highest BCUT2D eigenvalue weighted by Crippen LogP contribution is 2.37. The fourth-order valence-corrected chi connectivity index (χ4v) is 9.06. The highest BCUT2D eigenvalue weighted by Gasteiger charge is 2.52. The number of nitrogens with zero attached hydrogens (tertiary/aromatic N) is 6. The van der Waals surface area contributed by atoms with Gasteiger partial charge >= 0.3 is 12.1 Å². The van der Waals surface area contributed by atoms with Crippen LogP contribution in [0.2, 0.25) is 0 Å². The van der Waals surface area contributed by atoms with Crippen molar-refractivity contribution in [1.82, 2.24) is 30.1 Å². The summed E-state index contributed by atoms with van der Waals surface area (Å²) in [5.41, 5.74) is 7.11. The van der Waals surface area contributed by atoms with Crippen LogP contribution in [0, 0.1) is 29.1 Å². The van der Waals surface area contributed by atoms with Crippen molar-refractivity contribution in [3.63, 3.8) is 0 Å². The number of nitrogen functional groups attached to an aromatic ring is 1. The SMILES string of the molecule is CC[C@H]1OC(=O)[C@H](C)C(=O)[C@H](C)[C@@H](O[C@@H]2OC(C)CC(N(C)CC#N)C2O)[C@](C)(OC)C[C@@H](C)CN[C@H](C)[C@@H]2[C@@H]1OC(=O)N2CCCCn1cc(-c2cccc(N)c2)nn1. The zero-order chi connectivity index (χ0) is 43.9. The van der Waals surface area contributed by atoms with E-state index >= 15 is 0 Å². The number of nitriles is 1. The summed E-state index contributed by atoms with van der Waals surface area (Å²) >= 11 is 0. The molecule has 3 aliphatic rings. The lowest BCUT2D eigenvalue weighted by Gasteiger charge is -2.47. The number of hydrogen-bond donors (Lipinski definition) is 3. The summed E-state index contributed by atoms with van der Waals surface area (Å²) in [5, 5.41) is 33.1. The van der Waals surface area contributed by atoms with Gasteiger partial charge in [-0.05, 0) is 91.4 Å². The van der Waals surface area contributed by atoms with Crippen LogP contribution in [-0.2, 0) is 39.8 Å². The van der Waals surface area contributed by atoms with Crippen LogP contribution in [0.1, 0.15) is 80.6 Å². The number of anilines is 1. The molecule has 3 aliphatic heterocycles. The van der Waals surface area contributed by atoms with Gasteiger partial charge in [0, 0.05) is 49.5 Å². The predicted octanol–water partition coefficient (Wildman–Crippen LogP) is 3.79. The summed E-state index contributed by atoms with van der Waals surface area (Å²) in [6.45, 7) is 14.5. The number of esters is 1. The highest BCUT2D eigenvalue weighted by atomic mass is 16.7. The lowest BCUT2D eigenvalue weighted by atomic mass is 9.78. The Hall–Kier alpha value is -4.18. The summed E-state index contributed by atoms with van der Waals surface area (Å²) in [7, 11) is 3.33. The van der Waals surface area contributed by atoms with Crippen LogP contribution >= 0.6 is 0 Å². The Bertz CT molecular complexity index is 1810. The molecule has 1 amide bonds. The molecule has 17 heteroatoms. The number of aliphatic hydroxyl groups excluding tert-OH is 1. The number of ketones is 1. The Labute approximate surface area is 354 Å². The first-order valence-corrected chi connectivity index (χ1v) is 21.3. The molecule has 13 atom stereocenters. The molecule has 3 saturated heterocycles. The third kappa shape index (κ3) is 10.8. The van der Waals surface area contributed by atoms with E-state index in [0.717, 1.165) is 11.3 Å². The summed E-state index contributed by atoms with van der Waals surface area (Å²) in [4.78, 5) is 45.4. The van der Waals surface area contributed by atoms with Crippen LogP contribution in [0.4, 0.5) is 10.5 Å². The van der Waals surface area contributed by atoms with Crippen molar-refractivity contribution in [2.24, 2.45) is 17.8 Å². The molecule has 4 heterocycles. The lowest BCUT2D eigenvalue weighted by Crippen LogP contribution is -2.59. The molecule has 1 aromatic carbocycles. The number of hydrogen-bond acceptors (Lipinski definition) is 15. The molecule has 0 aliphatic carbocycles. The van der Waals surface area contributed by atoms with Gasteiger partial charge in [0.05, 0.1) is 42.7 Å². The number of cyclic esters (lactones) is 1. The van der Waals surface area contributed by atoms with Crippen molar-refractivity contribution in [2.75, 3.05) is 39.5 Å². The maximum absolute atomic E-state index is 14.3. The first-order chi connectivity index (χ1) is 28.5. The van der Waals surface area contributed by atoms with Crippen LogP contribution in [0.3, 0.4) is 0 Å². The van der Waals surface area contributed by atoms with E-state index < -0.39 is 78.1 Å². The van der Waals surface area contributed by atoms with Gasteiger partial charge in [-0.2, -0.15) is 5.26 Å². The van der Waals surface area contributed by atoms with E-state index in [9.17, 15) is 24.8 Å². The maximum Gasteiger partial charge on any atom is 0.410 e. The quantitative estimate of drug-likeness (QED) is 0.0912. The van der Waals surface area contributed by atoms with Crippen LogP contribution in [0.5, 0.6) is 0 Å². The predicted molar refractivity (Wildman–Crippen MR) is 222 cm³/mol. The number of amides is 1. The molecule has 3 unspecified atom stereocenters. The topological polar surface area (TPSA) is 217 Å². The molecule has 0 bridgehead atoms.